The molecule has 202 valence electrons. The highest BCUT2D eigenvalue weighted by Crippen LogP contribution is 2.59. The number of nitrogens with one attached hydrogen (secondary N) is 2. The lowest BCUT2D eigenvalue weighted by Gasteiger charge is -2.35. The molecule has 3 aliphatic rings. The number of rotatable bonds is 7. The number of nitrogens with zero attached hydrogens (tertiary/aromatic N) is 2. The van der Waals surface area contributed by atoms with E-state index in [1.165, 1.54) is 0 Å². The van der Waals surface area contributed by atoms with Gasteiger partial charge in [-0.05, 0) is 58.7 Å². The highest BCUT2D eigenvalue weighted by atomic mass is 16.5. The van der Waals surface area contributed by atoms with Crippen LogP contribution in [0.2, 0.25) is 0 Å². The van der Waals surface area contributed by atoms with E-state index in [4.69, 9.17) is 14.0 Å². The summed E-state index contributed by atoms with van der Waals surface area (Å²) in [6, 6.07) is 8.26. The van der Waals surface area contributed by atoms with Gasteiger partial charge in [-0.1, -0.05) is 29.4 Å². The lowest BCUT2D eigenvalue weighted by atomic mass is 9.70. The summed E-state index contributed by atoms with van der Waals surface area (Å²) in [5, 5.41) is 9.65. The third-order valence-electron chi connectivity index (χ3n) is 7.51. The van der Waals surface area contributed by atoms with Gasteiger partial charge in [0.25, 0.3) is 0 Å². The Kier molecular flexibility index (Phi) is 6.13. The molecule has 2 fully saturated rings. The molecular weight excluding hydrogens is 488 g/mol. The van der Waals surface area contributed by atoms with E-state index in [0.29, 0.717) is 12.2 Å². The van der Waals surface area contributed by atoms with Crippen molar-refractivity contribution in [3.63, 3.8) is 0 Å². The van der Waals surface area contributed by atoms with Crippen molar-refractivity contribution in [2.45, 2.75) is 63.8 Å². The fraction of sp³-hybridized carbons (Fsp3) is 0.500. The number of aromatic nitrogens is 1. The number of likely N-dealkylation sites (tertiary alicyclic amines) is 1. The number of amides is 3. The molecule has 2 N–H and O–H groups in total. The van der Waals surface area contributed by atoms with Crippen LogP contribution in [0.4, 0.5) is 5.82 Å². The van der Waals surface area contributed by atoms with Gasteiger partial charge in [0.05, 0.1) is 24.5 Å². The molecule has 3 amide bonds. The van der Waals surface area contributed by atoms with Gasteiger partial charge in [-0.15, -0.1) is 0 Å². The van der Waals surface area contributed by atoms with Crippen molar-refractivity contribution in [1.29, 1.82) is 0 Å². The molecule has 2 saturated heterocycles. The van der Waals surface area contributed by atoms with E-state index in [1.807, 2.05) is 45.0 Å². The molecule has 1 spiro atoms. The van der Waals surface area contributed by atoms with Crippen LogP contribution < -0.4 is 15.4 Å². The van der Waals surface area contributed by atoms with Crippen LogP contribution >= 0.6 is 0 Å². The number of fused-ring (bicyclic) bond motifs is 1. The minimum atomic E-state index is -1.26. The van der Waals surface area contributed by atoms with Crippen molar-refractivity contribution in [1.82, 2.24) is 15.4 Å². The van der Waals surface area contributed by atoms with E-state index >= 15 is 0 Å². The molecule has 2 bridgehead atoms. The molecule has 3 aliphatic heterocycles. The third kappa shape index (κ3) is 4.26. The minimum Gasteiger partial charge on any atom is -0.497 e. The maximum Gasteiger partial charge on any atom is 0.246 e. The van der Waals surface area contributed by atoms with Gasteiger partial charge in [-0.3, -0.25) is 14.4 Å². The first kappa shape index (κ1) is 26.0. The molecule has 0 radical (unpaired) electrons. The van der Waals surface area contributed by atoms with Crippen LogP contribution in [0.1, 0.15) is 39.0 Å². The minimum absolute atomic E-state index is 0.265. The summed E-state index contributed by atoms with van der Waals surface area (Å²) in [5.74, 6) is -1.17. The molecule has 10 nitrogen and oxygen atoms in total. The molecule has 5 rings (SSSR count). The molecule has 1 aromatic carbocycles. The van der Waals surface area contributed by atoms with Crippen LogP contribution in [0.25, 0.3) is 0 Å². The first-order valence-electron chi connectivity index (χ1n) is 12.8. The van der Waals surface area contributed by atoms with E-state index in [9.17, 15) is 14.4 Å². The smallest absolute Gasteiger partial charge is 0.246 e. The second-order valence-corrected chi connectivity index (χ2v) is 11.5. The second kappa shape index (κ2) is 8.97. The Morgan fingerprint density at radius 3 is 2.47 bits per heavy atom. The van der Waals surface area contributed by atoms with Gasteiger partial charge in [0.1, 0.15) is 23.2 Å². The largest absolute Gasteiger partial charge is 0.497 e. The van der Waals surface area contributed by atoms with Crippen LogP contribution in [0.15, 0.2) is 47.0 Å². The van der Waals surface area contributed by atoms with E-state index in [-0.39, 0.29) is 24.2 Å². The van der Waals surface area contributed by atoms with Crippen molar-refractivity contribution < 1.29 is 28.4 Å². The van der Waals surface area contributed by atoms with Crippen molar-refractivity contribution in [2.24, 2.45) is 11.8 Å². The van der Waals surface area contributed by atoms with Gasteiger partial charge >= 0.3 is 0 Å². The van der Waals surface area contributed by atoms with Gasteiger partial charge in [-0.25, -0.2) is 0 Å². The van der Waals surface area contributed by atoms with Gasteiger partial charge < -0.3 is 29.5 Å². The van der Waals surface area contributed by atoms with Gasteiger partial charge in [0, 0.05) is 18.2 Å². The normalized spacial score (nSPS) is 29.5. The quantitative estimate of drug-likeness (QED) is 0.536. The molecule has 1 aromatic heterocycles. The number of aryl methyl sites for hydroxylation is 1. The molecule has 4 heterocycles. The topological polar surface area (TPSA) is 123 Å². The standard InChI is InChI=1S/C28H34N4O6/c1-16-15-19(31-37-16)29-23(33)20-21-25(35)32(14-11-17-7-9-18(36-6)10-8-17)22(24(34)30-26(2,3)4)28(21)13-12-27(20,5)38-28/h7-10,12-13,15,20-22H,11,14H2,1-6H3,(H,30,34)(H,29,31,33)/t20-,21-,22+,27-,28+/m0/s1. The number of benzene rings is 1. The SMILES string of the molecule is COc1ccc(CCN2C(=O)[C@@H]3[C@@H](C(=O)Nc4cc(C)on4)[C@]4(C)C=C[C@]3(O4)[C@H]2C(=O)NC(C)(C)C)cc1. The lowest BCUT2D eigenvalue weighted by Crippen LogP contribution is -2.58. The Labute approximate surface area is 221 Å². The van der Waals surface area contributed by atoms with Crippen molar-refractivity contribution in [2.75, 3.05) is 19.0 Å². The number of anilines is 1. The van der Waals surface area contributed by atoms with Crippen molar-refractivity contribution >= 4 is 23.5 Å². The molecule has 0 unspecified atom stereocenters. The highest BCUT2D eigenvalue weighted by Gasteiger charge is 2.76. The number of carbonyl (C=O) groups is 3. The van der Waals surface area contributed by atoms with Gasteiger partial charge in [0.2, 0.25) is 17.7 Å². The molecule has 0 aliphatic carbocycles. The monoisotopic (exact) mass is 522 g/mol. The Morgan fingerprint density at radius 1 is 1.16 bits per heavy atom. The summed E-state index contributed by atoms with van der Waals surface area (Å²) in [7, 11) is 1.60. The predicted octanol–water partition coefficient (Wildman–Crippen LogP) is 2.63. The first-order chi connectivity index (χ1) is 17.9. The van der Waals surface area contributed by atoms with Crippen LogP contribution in [0.3, 0.4) is 0 Å². The van der Waals surface area contributed by atoms with Crippen LogP contribution in [-0.2, 0) is 25.5 Å². The molecule has 2 aromatic rings. The van der Waals surface area contributed by atoms with Crippen LogP contribution in [0.5, 0.6) is 5.75 Å². The molecule has 38 heavy (non-hydrogen) atoms. The van der Waals surface area contributed by atoms with E-state index in [2.05, 4.69) is 15.8 Å². The fourth-order valence-corrected chi connectivity index (χ4v) is 5.98. The number of carbonyl (C=O) groups excluding carboxylic acids is 3. The number of ether oxygens (including phenoxy) is 2. The molecule has 0 saturated carbocycles. The molecule has 10 heteroatoms. The summed E-state index contributed by atoms with van der Waals surface area (Å²) in [6.07, 6.45) is 4.13. The average molecular weight is 523 g/mol. The average Bonchev–Trinajstić information content (AvgIpc) is 3.54. The zero-order chi connectivity index (χ0) is 27.5. The van der Waals surface area contributed by atoms with Gasteiger partial charge in [-0.2, -0.15) is 0 Å². The number of hydrogen-bond donors (Lipinski definition) is 2. The molecule has 5 atom stereocenters. The highest BCUT2D eigenvalue weighted by molar-refractivity contribution is 6.03. The van der Waals surface area contributed by atoms with E-state index < -0.39 is 40.5 Å². The summed E-state index contributed by atoms with van der Waals surface area (Å²) < 4.78 is 16.8. The summed E-state index contributed by atoms with van der Waals surface area (Å²) in [4.78, 5) is 43.0. The number of methoxy groups -OCH3 is 1. The van der Waals surface area contributed by atoms with E-state index in [1.54, 1.807) is 44.1 Å². The predicted molar refractivity (Wildman–Crippen MR) is 138 cm³/mol. The lowest BCUT2D eigenvalue weighted by molar-refractivity contribution is -0.144. The van der Waals surface area contributed by atoms with Crippen molar-refractivity contribution in [3.8, 4) is 5.75 Å². The van der Waals surface area contributed by atoms with Gasteiger partial charge in [0.15, 0.2) is 5.82 Å². The Bertz CT molecular complexity index is 1300. The van der Waals surface area contributed by atoms with Crippen LogP contribution in [-0.4, -0.2) is 64.2 Å². The Morgan fingerprint density at radius 2 is 1.87 bits per heavy atom. The Hall–Kier alpha value is -3.66. The number of hydrogen-bond acceptors (Lipinski definition) is 7. The summed E-state index contributed by atoms with van der Waals surface area (Å²) in [5.41, 5.74) is -1.84. The summed E-state index contributed by atoms with van der Waals surface area (Å²) >= 11 is 0. The Balaban J connectivity index is 1.48. The zero-order valence-corrected chi connectivity index (χ0v) is 22.5. The van der Waals surface area contributed by atoms with Crippen molar-refractivity contribution in [3.05, 3.63) is 53.8 Å². The zero-order valence-electron chi connectivity index (χ0n) is 22.5. The maximum absolute atomic E-state index is 14.1. The summed E-state index contributed by atoms with van der Waals surface area (Å²) in [6.45, 7) is 9.46. The second-order valence-electron chi connectivity index (χ2n) is 11.5. The fourth-order valence-electron chi connectivity index (χ4n) is 5.98. The molecular formula is C28H34N4O6. The van der Waals surface area contributed by atoms with E-state index in [0.717, 1.165) is 11.3 Å². The maximum atomic E-state index is 14.1. The van der Waals surface area contributed by atoms with Crippen LogP contribution in [0, 0.1) is 18.8 Å². The first-order valence-corrected chi connectivity index (χ1v) is 12.8. The third-order valence-corrected chi connectivity index (χ3v) is 7.51.